The topological polar surface area (TPSA) is 84.1 Å². The molecule has 0 atom stereocenters. The highest BCUT2D eigenvalue weighted by atomic mass is 16.2. The molecular weight excluding hydrogens is 230 g/mol. The van der Waals surface area contributed by atoms with Crippen LogP contribution in [0.2, 0.25) is 0 Å². The number of nitrogen functional groups attached to an aromatic ring is 1. The molecule has 0 fully saturated rings. The van der Waals surface area contributed by atoms with E-state index in [9.17, 15) is 4.79 Å². The zero-order valence-electron chi connectivity index (χ0n) is 9.87. The fourth-order valence-corrected chi connectivity index (χ4v) is 1.53. The molecule has 3 N–H and O–H groups in total. The first kappa shape index (κ1) is 12.0. The number of nitrogens with two attached hydrogens (primary N) is 1. The summed E-state index contributed by atoms with van der Waals surface area (Å²) in [5.41, 5.74) is 3.37. The summed E-state index contributed by atoms with van der Waals surface area (Å²) in [5.74, 6) is 5.72. The molecule has 0 saturated carbocycles. The van der Waals surface area contributed by atoms with Crippen LogP contribution >= 0.6 is 0 Å². The molecule has 0 aliphatic heterocycles. The fourth-order valence-electron chi connectivity index (χ4n) is 1.53. The van der Waals surface area contributed by atoms with Crippen molar-refractivity contribution in [2.45, 2.75) is 0 Å². The quantitative estimate of drug-likeness (QED) is 0.621. The van der Waals surface area contributed by atoms with Crippen LogP contribution < -0.4 is 16.2 Å². The van der Waals surface area contributed by atoms with Crippen molar-refractivity contribution in [2.75, 3.05) is 17.4 Å². The van der Waals surface area contributed by atoms with Crippen LogP contribution in [0.1, 0.15) is 10.4 Å². The van der Waals surface area contributed by atoms with Gasteiger partial charge in [-0.1, -0.05) is 6.07 Å². The van der Waals surface area contributed by atoms with Gasteiger partial charge in [-0.15, -0.1) is 0 Å². The van der Waals surface area contributed by atoms with Gasteiger partial charge in [-0.25, -0.2) is 4.98 Å². The van der Waals surface area contributed by atoms with Gasteiger partial charge < -0.3 is 5.43 Å². The van der Waals surface area contributed by atoms with Crippen LogP contribution in [0.4, 0.5) is 11.5 Å². The molecule has 0 radical (unpaired) electrons. The zero-order valence-corrected chi connectivity index (χ0v) is 9.87. The van der Waals surface area contributed by atoms with Gasteiger partial charge in [-0.2, -0.15) is 0 Å². The lowest BCUT2D eigenvalue weighted by atomic mass is 10.2. The third-order valence-electron chi connectivity index (χ3n) is 2.50. The van der Waals surface area contributed by atoms with Crippen molar-refractivity contribution in [3.8, 4) is 0 Å². The summed E-state index contributed by atoms with van der Waals surface area (Å²) in [4.78, 5) is 21.8. The Morgan fingerprint density at radius 2 is 2.17 bits per heavy atom. The van der Waals surface area contributed by atoms with Crippen LogP contribution in [0.25, 0.3) is 0 Å². The van der Waals surface area contributed by atoms with Gasteiger partial charge in [0, 0.05) is 19.4 Å². The third kappa shape index (κ3) is 2.28. The number of rotatable bonds is 3. The van der Waals surface area contributed by atoms with Gasteiger partial charge in [-0.05, 0) is 18.2 Å². The zero-order chi connectivity index (χ0) is 13.0. The number of hydrogen-bond donors (Lipinski definition) is 2. The van der Waals surface area contributed by atoms with Crippen LogP contribution in [0, 0.1) is 0 Å². The molecule has 2 heterocycles. The van der Waals surface area contributed by atoms with Crippen molar-refractivity contribution in [1.29, 1.82) is 0 Å². The summed E-state index contributed by atoms with van der Waals surface area (Å²) in [6.07, 6.45) is 4.67. The number of carbonyl (C=O) groups excluding carboxylic acids is 1. The monoisotopic (exact) mass is 243 g/mol. The Hall–Kier alpha value is -2.47. The first-order chi connectivity index (χ1) is 8.74. The molecule has 18 heavy (non-hydrogen) atoms. The second-order valence-corrected chi connectivity index (χ2v) is 3.62. The van der Waals surface area contributed by atoms with Crippen molar-refractivity contribution >= 4 is 17.4 Å². The van der Waals surface area contributed by atoms with E-state index in [1.165, 1.54) is 11.1 Å². The van der Waals surface area contributed by atoms with E-state index in [1.807, 2.05) is 6.07 Å². The summed E-state index contributed by atoms with van der Waals surface area (Å²) in [5, 5.41) is 0. The van der Waals surface area contributed by atoms with E-state index >= 15 is 0 Å². The van der Waals surface area contributed by atoms with Crippen LogP contribution in [0.5, 0.6) is 0 Å². The second-order valence-electron chi connectivity index (χ2n) is 3.62. The number of hydrogen-bond acceptors (Lipinski definition) is 5. The van der Waals surface area contributed by atoms with Gasteiger partial charge >= 0.3 is 0 Å². The summed E-state index contributed by atoms with van der Waals surface area (Å²) < 4.78 is 0. The number of carbonyl (C=O) groups is 1. The Kier molecular flexibility index (Phi) is 3.49. The van der Waals surface area contributed by atoms with Crippen molar-refractivity contribution in [2.24, 2.45) is 5.84 Å². The van der Waals surface area contributed by atoms with Gasteiger partial charge in [0.1, 0.15) is 5.82 Å². The van der Waals surface area contributed by atoms with Crippen molar-refractivity contribution in [1.82, 2.24) is 9.97 Å². The number of nitrogens with zero attached hydrogens (tertiary/aromatic N) is 3. The Labute approximate surface area is 104 Å². The van der Waals surface area contributed by atoms with Crippen LogP contribution in [0.15, 0.2) is 42.9 Å². The van der Waals surface area contributed by atoms with Gasteiger partial charge in [-0.3, -0.25) is 20.5 Å². The fraction of sp³-hybridized carbons (Fsp3) is 0.0833. The molecule has 0 spiro atoms. The highest BCUT2D eigenvalue weighted by Gasteiger charge is 2.17. The summed E-state index contributed by atoms with van der Waals surface area (Å²) in [6.45, 7) is 0. The Bertz CT molecular complexity index is 543. The molecule has 2 aromatic rings. The number of anilines is 2. The molecule has 0 aromatic carbocycles. The van der Waals surface area contributed by atoms with E-state index in [0.29, 0.717) is 17.1 Å². The lowest BCUT2D eigenvalue weighted by molar-refractivity contribution is 0.0993. The number of hydrazine groups is 1. The third-order valence-corrected chi connectivity index (χ3v) is 2.50. The maximum absolute atomic E-state index is 12.3. The highest BCUT2D eigenvalue weighted by Crippen LogP contribution is 2.17. The lowest BCUT2D eigenvalue weighted by Crippen LogP contribution is -2.28. The van der Waals surface area contributed by atoms with Crippen molar-refractivity contribution < 1.29 is 4.79 Å². The summed E-state index contributed by atoms with van der Waals surface area (Å²) in [6, 6.07) is 6.98. The van der Waals surface area contributed by atoms with E-state index in [-0.39, 0.29) is 5.91 Å². The van der Waals surface area contributed by atoms with Gasteiger partial charge in [0.05, 0.1) is 17.4 Å². The van der Waals surface area contributed by atoms with Crippen molar-refractivity contribution in [3.63, 3.8) is 0 Å². The molecule has 0 aliphatic rings. The van der Waals surface area contributed by atoms with Crippen LogP contribution in [0.3, 0.4) is 0 Å². The van der Waals surface area contributed by atoms with Gasteiger partial charge in [0.2, 0.25) is 0 Å². The SMILES string of the molecule is CN(C(=O)c1ccncc1NN)c1ccccn1. The molecule has 0 saturated heterocycles. The molecule has 0 aliphatic carbocycles. The number of pyridine rings is 2. The Morgan fingerprint density at radius 1 is 1.33 bits per heavy atom. The highest BCUT2D eigenvalue weighted by molar-refractivity contribution is 6.08. The predicted octanol–water partition coefficient (Wildman–Crippen LogP) is 1.04. The average Bonchev–Trinajstić information content (AvgIpc) is 2.46. The molecule has 92 valence electrons. The molecule has 2 rings (SSSR count). The molecule has 2 aromatic heterocycles. The largest absolute Gasteiger partial charge is 0.322 e. The minimum Gasteiger partial charge on any atom is -0.322 e. The molecular formula is C12H13N5O. The number of nitrogens with one attached hydrogen (secondary N) is 1. The standard InChI is InChI=1S/C12H13N5O/c1-17(11-4-2-3-6-15-11)12(18)9-5-7-14-8-10(9)16-13/h2-8,16H,13H2,1H3. The van der Waals surface area contributed by atoms with E-state index < -0.39 is 0 Å². The van der Waals surface area contributed by atoms with E-state index in [2.05, 4.69) is 15.4 Å². The maximum Gasteiger partial charge on any atom is 0.261 e. The smallest absolute Gasteiger partial charge is 0.261 e. The molecule has 6 nitrogen and oxygen atoms in total. The van der Waals surface area contributed by atoms with Gasteiger partial charge in [0.25, 0.3) is 5.91 Å². The first-order valence-electron chi connectivity index (χ1n) is 5.33. The summed E-state index contributed by atoms with van der Waals surface area (Å²) >= 11 is 0. The predicted molar refractivity (Wildman–Crippen MR) is 69.0 cm³/mol. The van der Waals surface area contributed by atoms with E-state index in [0.717, 1.165) is 0 Å². The van der Waals surface area contributed by atoms with Crippen molar-refractivity contribution in [3.05, 3.63) is 48.4 Å². The molecule has 1 amide bonds. The van der Waals surface area contributed by atoms with E-state index in [1.54, 1.807) is 37.6 Å². The van der Waals surface area contributed by atoms with E-state index in [4.69, 9.17) is 5.84 Å². The number of amides is 1. The normalized spacial score (nSPS) is 9.89. The molecule has 0 unspecified atom stereocenters. The van der Waals surface area contributed by atoms with Crippen LogP contribution in [-0.2, 0) is 0 Å². The van der Waals surface area contributed by atoms with Crippen LogP contribution in [-0.4, -0.2) is 22.9 Å². The minimum atomic E-state index is -0.205. The molecule has 0 bridgehead atoms. The second kappa shape index (κ2) is 5.24. The minimum absolute atomic E-state index is 0.205. The Balaban J connectivity index is 2.32. The maximum atomic E-state index is 12.3. The molecule has 6 heteroatoms. The van der Waals surface area contributed by atoms with Gasteiger partial charge in [0.15, 0.2) is 0 Å². The summed E-state index contributed by atoms with van der Waals surface area (Å²) in [7, 11) is 1.66. The first-order valence-corrected chi connectivity index (χ1v) is 5.33. The average molecular weight is 243 g/mol. The lowest BCUT2D eigenvalue weighted by Gasteiger charge is -2.17. The number of aromatic nitrogens is 2. The Morgan fingerprint density at radius 3 is 2.83 bits per heavy atom.